The highest BCUT2D eigenvalue weighted by Crippen LogP contribution is 2.29. The van der Waals surface area contributed by atoms with E-state index in [4.69, 9.17) is 9.84 Å². The SMILES string of the molecule is CC(NCCCOCCO)c1ccc(C(F)(F)F)cc1. The molecule has 0 saturated carbocycles. The molecule has 0 spiro atoms. The Morgan fingerprint density at radius 2 is 1.85 bits per heavy atom. The predicted molar refractivity (Wildman–Crippen MR) is 70.4 cm³/mol. The van der Waals surface area contributed by atoms with Crippen molar-refractivity contribution >= 4 is 0 Å². The van der Waals surface area contributed by atoms with Gasteiger partial charge >= 0.3 is 6.18 Å². The van der Waals surface area contributed by atoms with E-state index in [1.54, 1.807) is 0 Å². The molecule has 1 unspecified atom stereocenters. The van der Waals surface area contributed by atoms with E-state index in [-0.39, 0.29) is 12.6 Å². The van der Waals surface area contributed by atoms with Gasteiger partial charge < -0.3 is 15.2 Å². The van der Waals surface area contributed by atoms with E-state index in [1.165, 1.54) is 12.1 Å². The minimum Gasteiger partial charge on any atom is -0.394 e. The van der Waals surface area contributed by atoms with Gasteiger partial charge in [-0.15, -0.1) is 0 Å². The molecule has 1 aromatic rings. The monoisotopic (exact) mass is 291 g/mol. The Morgan fingerprint density at radius 3 is 2.40 bits per heavy atom. The van der Waals surface area contributed by atoms with Gasteiger partial charge in [-0.05, 0) is 37.6 Å². The summed E-state index contributed by atoms with van der Waals surface area (Å²) < 4.78 is 42.4. The zero-order valence-corrected chi connectivity index (χ0v) is 11.4. The Labute approximate surface area is 116 Å². The minimum absolute atomic E-state index is 0.00931. The zero-order chi connectivity index (χ0) is 15.0. The summed E-state index contributed by atoms with van der Waals surface area (Å²) in [6, 6.07) is 5.15. The van der Waals surface area contributed by atoms with Gasteiger partial charge in [0.25, 0.3) is 0 Å². The predicted octanol–water partition coefficient (Wildman–Crippen LogP) is 2.76. The van der Waals surface area contributed by atoms with Gasteiger partial charge in [-0.1, -0.05) is 12.1 Å². The molecule has 0 radical (unpaired) electrons. The van der Waals surface area contributed by atoms with Crippen molar-refractivity contribution in [1.82, 2.24) is 5.32 Å². The molecule has 1 aromatic carbocycles. The first-order chi connectivity index (χ1) is 9.45. The van der Waals surface area contributed by atoms with E-state index >= 15 is 0 Å². The van der Waals surface area contributed by atoms with Crippen LogP contribution in [0.1, 0.15) is 30.5 Å². The van der Waals surface area contributed by atoms with Crippen molar-refractivity contribution in [1.29, 1.82) is 0 Å². The van der Waals surface area contributed by atoms with Gasteiger partial charge in [-0.25, -0.2) is 0 Å². The highest BCUT2D eigenvalue weighted by atomic mass is 19.4. The van der Waals surface area contributed by atoms with Crippen LogP contribution >= 0.6 is 0 Å². The van der Waals surface area contributed by atoms with Gasteiger partial charge in [0.1, 0.15) is 0 Å². The van der Waals surface area contributed by atoms with Crippen LogP contribution < -0.4 is 5.32 Å². The lowest BCUT2D eigenvalue weighted by Crippen LogP contribution is -2.21. The fraction of sp³-hybridized carbons (Fsp3) is 0.571. The van der Waals surface area contributed by atoms with Crippen molar-refractivity contribution in [3.8, 4) is 0 Å². The Morgan fingerprint density at radius 1 is 1.20 bits per heavy atom. The quantitative estimate of drug-likeness (QED) is 0.724. The third-order valence-corrected chi connectivity index (χ3v) is 2.89. The van der Waals surface area contributed by atoms with Crippen molar-refractivity contribution in [2.75, 3.05) is 26.4 Å². The van der Waals surface area contributed by atoms with Gasteiger partial charge in [0.2, 0.25) is 0 Å². The third kappa shape index (κ3) is 5.90. The molecule has 0 amide bonds. The second-order valence-electron chi connectivity index (χ2n) is 4.49. The number of rotatable bonds is 8. The van der Waals surface area contributed by atoms with Crippen LogP contribution in [0.25, 0.3) is 0 Å². The molecule has 1 atom stereocenters. The van der Waals surface area contributed by atoms with Crippen LogP contribution in [0.3, 0.4) is 0 Å². The molecular formula is C14H20F3NO2. The van der Waals surface area contributed by atoms with Crippen molar-refractivity contribution < 1.29 is 23.0 Å². The first kappa shape index (κ1) is 16.9. The van der Waals surface area contributed by atoms with E-state index in [2.05, 4.69) is 5.32 Å². The van der Waals surface area contributed by atoms with Gasteiger partial charge in [-0.3, -0.25) is 0 Å². The number of aliphatic hydroxyl groups excluding tert-OH is 1. The average molecular weight is 291 g/mol. The first-order valence-corrected chi connectivity index (χ1v) is 6.54. The first-order valence-electron chi connectivity index (χ1n) is 6.54. The minimum atomic E-state index is -4.29. The van der Waals surface area contributed by atoms with Crippen molar-refractivity contribution in [2.24, 2.45) is 0 Å². The van der Waals surface area contributed by atoms with E-state index in [0.717, 1.165) is 24.1 Å². The maximum absolute atomic E-state index is 12.4. The Hall–Kier alpha value is -1.11. The van der Waals surface area contributed by atoms with Crippen molar-refractivity contribution in [3.63, 3.8) is 0 Å². The summed E-state index contributed by atoms with van der Waals surface area (Å²) in [5.41, 5.74) is 0.181. The highest BCUT2D eigenvalue weighted by molar-refractivity contribution is 5.26. The summed E-state index contributed by atoms with van der Waals surface area (Å²) >= 11 is 0. The molecule has 114 valence electrons. The molecule has 0 aliphatic rings. The van der Waals surface area contributed by atoms with Crippen LogP contribution in [0.15, 0.2) is 24.3 Å². The van der Waals surface area contributed by atoms with Crippen LogP contribution in [0.5, 0.6) is 0 Å². The molecule has 1 rings (SSSR count). The summed E-state index contributed by atoms with van der Waals surface area (Å²) in [6.45, 7) is 3.49. The Bertz CT molecular complexity index is 379. The molecule has 20 heavy (non-hydrogen) atoms. The van der Waals surface area contributed by atoms with E-state index in [0.29, 0.717) is 19.8 Å². The second kappa shape index (κ2) is 8.24. The molecule has 2 N–H and O–H groups in total. The van der Waals surface area contributed by atoms with Crippen molar-refractivity contribution in [2.45, 2.75) is 25.6 Å². The fourth-order valence-corrected chi connectivity index (χ4v) is 1.74. The Kier molecular flexibility index (Phi) is 6.98. The number of hydrogen-bond acceptors (Lipinski definition) is 3. The molecule has 6 heteroatoms. The molecule has 0 heterocycles. The number of benzene rings is 1. The van der Waals surface area contributed by atoms with E-state index in [1.807, 2.05) is 6.92 Å². The highest BCUT2D eigenvalue weighted by Gasteiger charge is 2.30. The van der Waals surface area contributed by atoms with Crippen LogP contribution in [-0.2, 0) is 10.9 Å². The molecule has 0 bridgehead atoms. The van der Waals surface area contributed by atoms with Gasteiger partial charge in [-0.2, -0.15) is 13.2 Å². The molecule has 0 aromatic heterocycles. The molecule has 0 fully saturated rings. The number of ether oxygens (including phenoxy) is 1. The molecule has 0 aliphatic carbocycles. The smallest absolute Gasteiger partial charge is 0.394 e. The van der Waals surface area contributed by atoms with Gasteiger partial charge in [0, 0.05) is 12.6 Å². The molecular weight excluding hydrogens is 271 g/mol. The second-order valence-corrected chi connectivity index (χ2v) is 4.49. The third-order valence-electron chi connectivity index (χ3n) is 2.89. The lowest BCUT2D eigenvalue weighted by atomic mass is 10.1. The number of nitrogens with one attached hydrogen (secondary N) is 1. The van der Waals surface area contributed by atoms with Crippen LogP contribution in [-0.4, -0.2) is 31.5 Å². The summed E-state index contributed by atoms with van der Waals surface area (Å²) in [5, 5.41) is 11.7. The maximum Gasteiger partial charge on any atom is 0.416 e. The summed E-state index contributed by atoms with van der Waals surface area (Å²) in [4.78, 5) is 0. The molecule has 0 saturated heterocycles. The fourth-order valence-electron chi connectivity index (χ4n) is 1.74. The standard InChI is InChI=1S/C14H20F3NO2/c1-11(18-7-2-9-20-10-8-19)12-3-5-13(6-4-12)14(15,16)17/h3-6,11,18-19H,2,7-10H2,1H3. The van der Waals surface area contributed by atoms with Crippen molar-refractivity contribution in [3.05, 3.63) is 35.4 Å². The topological polar surface area (TPSA) is 41.5 Å². The van der Waals surface area contributed by atoms with Crippen LogP contribution in [0.2, 0.25) is 0 Å². The summed E-state index contributed by atoms with van der Waals surface area (Å²) in [7, 11) is 0. The number of hydrogen-bond donors (Lipinski definition) is 2. The van der Waals surface area contributed by atoms with E-state index in [9.17, 15) is 13.2 Å². The maximum atomic E-state index is 12.4. The molecule has 0 aliphatic heterocycles. The average Bonchev–Trinajstić information content (AvgIpc) is 2.41. The van der Waals surface area contributed by atoms with Crippen LogP contribution in [0.4, 0.5) is 13.2 Å². The number of aliphatic hydroxyl groups is 1. The lowest BCUT2D eigenvalue weighted by molar-refractivity contribution is -0.137. The van der Waals surface area contributed by atoms with Crippen LogP contribution in [0, 0.1) is 0 Å². The summed E-state index contributed by atoms with van der Waals surface area (Å²) in [6.07, 6.45) is -3.51. The van der Waals surface area contributed by atoms with Gasteiger partial charge in [0.15, 0.2) is 0 Å². The summed E-state index contributed by atoms with van der Waals surface area (Å²) in [5.74, 6) is 0. The molecule has 3 nitrogen and oxygen atoms in total. The largest absolute Gasteiger partial charge is 0.416 e. The normalized spacial score (nSPS) is 13.4. The zero-order valence-electron chi connectivity index (χ0n) is 11.4. The lowest BCUT2D eigenvalue weighted by Gasteiger charge is -2.15. The van der Waals surface area contributed by atoms with E-state index < -0.39 is 11.7 Å². The Balaban J connectivity index is 2.34. The number of halogens is 3. The number of alkyl halides is 3. The van der Waals surface area contributed by atoms with Gasteiger partial charge in [0.05, 0.1) is 18.8 Å².